The number of hydrogen-bond acceptors (Lipinski definition) is 5. The molecule has 0 N–H and O–H groups in total. The fourth-order valence-corrected chi connectivity index (χ4v) is 3.97. The lowest BCUT2D eigenvalue weighted by Gasteiger charge is -2.40. The van der Waals surface area contributed by atoms with E-state index in [4.69, 9.17) is 4.74 Å². The molecule has 6 nitrogen and oxygen atoms in total. The summed E-state index contributed by atoms with van der Waals surface area (Å²) in [5.41, 5.74) is 0. The number of carbonyl (C=O) groups excluding carboxylic acids is 1. The molecule has 3 rings (SSSR count). The number of nitrogens with zero attached hydrogens (tertiary/aromatic N) is 4. The molecule has 0 saturated carbocycles. The average molecular weight is 324 g/mol. The van der Waals surface area contributed by atoms with Crippen molar-refractivity contribution in [2.75, 3.05) is 79.2 Å². The van der Waals surface area contributed by atoms with Gasteiger partial charge in [-0.15, -0.1) is 0 Å². The van der Waals surface area contributed by atoms with Gasteiger partial charge in [0.2, 0.25) is 5.91 Å². The molecule has 3 saturated heterocycles. The van der Waals surface area contributed by atoms with E-state index >= 15 is 0 Å². The Labute approximate surface area is 140 Å². The molecule has 0 bridgehead atoms. The quantitative estimate of drug-likeness (QED) is 0.728. The topological polar surface area (TPSA) is 39.3 Å². The third-order valence-electron chi connectivity index (χ3n) is 5.55. The van der Waals surface area contributed by atoms with Crippen LogP contribution < -0.4 is 0 Å². The molecule has 3 fully saturated rings. The molecule has 0 spiro atoms. The molecule has 0 aromatic rings. The number of amides is 1. The van der Waals surface area contributed by atoms with Gasteiger partial charge < -0.3 is 14.5 Å². The first kappa shape index (κ1) is 17.1. The number of ether oxygens (including phenoxy) is 1. The summed E-state index contributed by atoms with van der Waals surface area (Å²) in [6.45, 7) is 10.6. The molecule has 6 heteroatoms. The Morgan fingerprint density at radius 3 is 2.43 bits per heavy atom. The van der Waals surface area contributed by atoms with Crippen molar-refractivity contribution in [1.29, 1.82) is 0 Å². The average Bonchev–Trinajstić information content (AvgIpc) is 2.80. The molecule has 132 valence electrons. The van der Waals surface area contributed by atoms with Crippen molar-refractivity contribution >= 4 is 5.91 Å². The van der Waals surface area contributed by atoms with Crippen LogP contribution in [0.5, 0.6) is 0 Å². The van der Waals surface area contributed by atoms with Crippen LogP contribution in [0.3, 0.4) is 0 Å². The number of carbonyl (C=O) groups is 1. The number of rotatable bonds is 3. The van der Waals surface area contributed by atoms with Crippen molar-refractivity contribution in [2.45, 2.75) is 25.3 Å². The van der Waals surface area contributed by atoms with E-state index in [1.54, 1.807) is 0 Å². The first-order valence-electron chi connectivity index (χ1n) is 9.23. The predicted molar refractivity (Wildman–Crippen MR) is 90.5 cm³/mol. The molecular weight excluding hydrogens is 292 g/mol. The first-order valence-corrected chi connectivity index (χ1v) is 9.23. The Hall–Kier alpha value is -0.690. The Bertz CT molecular complexity index is 379. The van der Waals surface area contributed by atoms with Gasteiger partial charge in [0, 0.05) is 45.3 Å². The zero-order valence-electron chi connectivity index (χ0n) is 14.6. The fourth-order valence-electron chi connectivity index (χ4n) is 3.97. The fraction of sp³-hybridized carbons (Fsp3) is 0.941. The van der Waals surface area contributed by atoms with Crippen LogP contribution in [0.2, 0.25) is 0 Å². The monoisotopic (exact) mass is 324 g/mol. The van der Waals surface area contributed by atoms with Crippen LogP contribution in [0.15, 0.2) is 0 Å². The maximum atomic E-state index is 12.6. The third-order valence-corrected chi connectivity index (χ3v) is 5.55. The molecule has 1 amide bonds. The lowest BCUT2D eigenvalue weighted by molar-refractivity contribution is -0.134. The summed E-state index contributed by atoms with van der Waals surface area (Å²) in [5, 5.41) is 0. The van der Waals surface area contributed by atoms with Crippen molar-refractivity contribution in [3.8, 4) is 0 Å². The number of likely N-dealkylation sites (N-methyl/N-ethyl adjacent to an activating group) is 1. The van der Waals surface area contributed by atoms with Gasteiger partial charge in [0.15, 0.2) is 0 Å². The van der Waals surface area contributed by atoms with Crippen molar-refractivity contribution < 1.29 is 9.53 Å². The van der Waals surface area contributed by atoms with E-state index in [2.05, 4.69) is 26.6 Å². The van der Waals surface area contributed by atoms with Crippen molar-refractivity contribution in [1.82, 2.24) is 19.6 Å². The second-order valence-corrected chi connectivity index (χ2v) is 7.19. The Kier molecular flexibility index (Phi) is 6.28. The maximum absolute atomic E-state index is 12.6. The second-order valence-electron chi connectivity index (χ2n) is 7.19. The highest BCUT2D eigenvalue weighted by atomic mass is 16.5. The van der Waals surface area contributed by atoms with E-state index < -0.39 is 0 Å². The van der Waals surface area contributed by atoms with Crippen molar-refractivity contribution in [3.05, 3.63) is 0 Å². The van der Waals surface area contributed by atoms with E-state index in [-0.39, 0.29) is 0 Å². The molecule has 3 heterocycles. The molecule has 3 aliphatic rings. The van der Waals surface area contributed by atoms with Gasteiger partial charge in [0.1, 0.15) is 0 Å². The molecule has 0 atom stereocenters. The van der Waals surface area contributed by atoms with Gasteiger partial charge in [0.05, 0.1) is 19.8 Å². The van der Waals surface area contributed by atoms with Crippen molar-refractivity contribution in [3.63, 3.8) is 0 Å². The highest BCUT2D eigenvalue weighted by Gasteiger charge is 2.28. The van der Waals surface area contributed by atoms with Gasteiger partial charge >= 0.3 is 0 Å². The van der Waals surface area contributed by atoms with Gasteiger partial charge in [0.25, 0.3) is 0 Å². The van der Waals surface area contributed by atoms with Crippen molar-refractivity contribution in [2.24, 2.45) is 0 Å². The summed E-state index contributed by atoms with van der Waals surface area (Å²) >= 11 is 0. The van der Waals surface area contributed by atoms with Gasteiger partial charge in [-0.05, 0) is 39.4 Å². The largest absolute Gasteiger partial charge is 0.379 e. The summed E-state index contributed by atoms with van der Waals surface area (Å²) in [6.07, 6.45) is 3.41. The van der Waals surface area contributed by atoms with Crippen LogP contribution in [0.4, 0.5) is 0 Å². The number of hydrogen-bond donors (Lipinski definition) is 0. The summed E-state index contributed by atoms with van der Waals surface area (Å²) in [5.74, 6) is 0.329. The lowest BCUT2D eigenvalue weighted by atomic mass is 10.0. The molecular formula is C17H32N4O2. The molecule has 3 aliphatic heterocycles. The number of morpholine rings is 1. The second kappa shape index (κ2) is 8.42. The minimum atomic E-state index is 0.329. The molecule has 0 aromatic heterocycles. The molecule has 0 radical (unpaired) electrons. The summed E-state index contributed by atoms with van der Waals surface area (Å²) < 4.78 is 5.44. The van der Waals surface area contributed by atoms with Crippen LogP contribution in [-0.2, 0) is 9.53 Å². The van der Waals surface area contributed by atoms with E-state index in [1.807, 2.05) is 0 Å². The summed E-state index contributed by atoms with van der Waals surface area (Å²) in [7, 11) is 2.17. The lowest BCUT2D eigenvalue weighted by Crippen LogP contribution is -2.51. The Morgan fingerprint density at radius 2 is 1.70 bits per heavy atom. The third kappa shape index (κ3) is 4.89. The van der Waals surface area contributed by atoms with E-state index in [0.717, 1.165) is 78.4 Å². The minimum Gasteiger partial charge on any atom is -0.379 e. The maximum Gasteiger partial charge on any atom is 0.236 e. The number of likely N-dealkylation sites (tertiary alicyclic amines) is 1. The molecule has 23 heavy (non-hydrogen) atoms. The molecule has 0 unspecified atom stereocenters. The molecule has 0 aliphatic carbocycles. The Morgan fingerprint density at radius 1 is 0.957 bits per heavy atom. The SMILES string of the molecule is CN1CCCN(CC(=O)N2CCC(N3CCOCC3)CC2)CC1. The van der Waals surface area contributed by atoms with Crippen LogP contribution in [0, 0.1) is 0 Å². The molecule has 0 aromatic carbocycles. The van der Waals surface area contributed by atoms with E-state index in [1.165, 1.54) is 6.42 Å². The smallest absolute Gasteiger partial charge is 0.236 e. The van der Waals surface area contributed by atoms with E-state index in [0.29, 0.717) is 18.5 Å². The van der Waals surface area contributed by atoms with Gasteiger partial charge in [-0.1, -0.05) is 0 Å². The highest BCUT2D eigenvalue weighted by molar-refractivity contribution is 5.78. The zero-order valence-corrected chi connectivity index (χ0v) is 14.6. The van der Waals surface area contributed by atoms with E-state index in [9.17, 15) is 4.79 Å². The van der Waals surface area contributed by atoms with Crippen LogP contribution in [0.1, 0.15) is 19.3 Å². The predicted octanol–water partition coefficient (Wildman–Crippen LogP) is -0.0529. The summed E-state index contributed by atoms with van der Waals surface area (Å²) in [6, 6.07) is 0.648. The van der Waals surface area contributed by atoms with Crippen LogP contribution in [0.25, 0.3) is 0 Å². The van der Waals surface area contributed by atoms with Gasteiger partial charge in [-0.25, -0.2) is 0 Å². The standard InChI is InChI=1S/C17H32N4O2/c1-18-5-2-6-19(10-9-18)15-17(22)21-7-3-16(4-8-21)20-11-13-23-14-12-20/h16H,2-15H2,1H3. The van der Waals surface area contributed by atoms with Crippen LogP contribution in [-0.4, -0.2) is 111 Å². The van der Waals surface area contributed by atoms with Crippen LogP contribution >= 0.6 is 0 Å². The van der Waals surface area contributed by atoms with Gasteiger partial charge in [-0.3, -0.25) is 14.6 Å². The zero-order chi connectivity index (χ0) is 16.1. The highest BCUT2D eigenvalue weighted by Crippen LogP contribution is 2.18. The minimum absolute atomic E-state index is 0.329. The first-order chi connectivity index (χ1) is 11.2. The normalized spacial score (nSPS) is 27.1. The number of piperidine rings is 1. The Balaban J connectivity index is 1.41. The van der Waals surface area contributed by atoms with Gasteiger partial charge in [-0.2, -0.15) is 0 Å². The summed E-state index contributed by atoms with van der Waals surface area (Å²) in [4.78, 5) is 21.9.